The summed E-state index contributed by atoms with van der Waals surface area (Å²) in [5.74, 6) is -0.219. The van der Waals surface area contributed by atoms with Crippen molar-refractivity contribution in [3.8, 4) is 0 Å². The lowest BCUT2D eigenvalue weighted by Gasteiger charge is -2.26. The summed E-state index contributed by atoms with van der Waals surface area (Å²) in [6, 6.07) is 17.6. The van der Waals surface area contributed by atoms with Crippen molar-refractivity contribution in [1.29, 1.82) is 0 Å². The molecule has 4 nitrogen and oxygen atoms in total. The molecule has 0 aliphatic rings. The Bertz CT molecular complexity index is 783. The lowest BCUT2D eigenvalue weighted by molar-refractivity contribution is -0.144. The zero-order valence-corrected chi connectivity index (χ0v) is 14.6. The van der Waals surface area contributed by atoms with E-state index in [-0.39, 0.29) is 5.97 Å². The number of hydrogen-bond acceptors (Lipinski definition) is 5. The van der Waals surface area contributed by atoms with Crippen LogP contribution in [0.4, 0.5) is 5.13 Å². The van der Waals surface area contributed by atoms with Gasteiger partial charge in [0.05, 0.1) is 16.8 Å². The molecule has 0 aliphatic heterocycles. The highest BCUT2D eigenvalue weighted by atomic mass is 32.1. The van der Waals surface area contributed by atoms with E-state index < -0.39 is 6.04 Å². The van der Waals surface area contributed by atoms with E-state index in [0.717, 1.165) is 20.9 Å². The minimum atomic E-state index is -0.395. The third-order valence-corrected chi connectivity index (χ3v) is 5.01. The molecule has 0 spiro atoms. The summed E-state index contributed by atoms with van der Waals surface area (Å²) in [7, 11) is 1.90. The van der Waals surface area contributed by atoms with Crippen LogP contribution in [0.5, 0.6) is 0 Å². The standard InChI is InChI=1S/C19H20N2O2S/c1-3-23-18(22)16(13-14-9-5-4-6-10-14)21(2)19-20-15-11-7-8-12-17(15)24-19/h4-12,16H,3,13H2,1-2H3/t16-/m0/s1. The summed E-state index contributed by atoms with van der Waals surface area (Å²) < 4.78 is 6.40. The number of esters is 1. The molecular formula is C19H20N2O2S. The fourth-order valence-electron chi connectivity index (χ4n) is 2.60. The monoisotopic (exact) mass is 340 g/mol. The molecule has 0 saturated carbocycles. The summed E-state index contributed by atoms with van der Waals surface area (Å²) in [4.78, 5) is 19.1. The highest BCUT2D eigenvalue weighted by molar-refractivity contribution is 7.22. The molecule has 1 aromatic heterocycles. The van der Waals surface area contributed by atoms with E-state index in [4.69, 9.17) is 4.74 Å². The summed E-state index contributed by atoms with van der Waals surface area (Å²) >= 11 is 1.59. The van der Waals surface area contributed by atoms with E-state index in [2.05, 4.69) is 4.98 Å². The first kappa shape index (κ1) is 16.5. The average Bonchev–Trinajstić information content (AvgIpc) is 3.04. The summed E-state index contributed by atoms with van der Waals surface area (Å²) in [6.07, 6.45) is 0.589. The number of anilines is 1. The largest absolute Gasteiger partial charge is 0.464 e. The van der Waals surface area contributed by atoms with Crippen LogP contribution in [-0.4, -0.2) is 30.6 Å². The SMILES string of the molecule is CCOC(=O)[C@H](Cc1ccccc1)N(C)c1nc2ccccc2s1. The third-order valence-electron chi connectivity index (χ3n) is 3.88. The second-order valence-corrected chi connectivity index (χ2v) is 6.54. The predicted octanol–water partition coefficient (Wildman–Crippen LogP) is 3.91. The molecule has 3 rings (SSSR count). The Morgan fingerprint density at radius 3 is 2.58 bits per heavy atom. The molecule has 0 radical (unpaired) electrons. The molecule has 3 aromatic rings. The van der Waals surface area contributed by atoms with Gasteiger partial charge in [0.25, 0.3) is 0 Å². The first-order valence-corrected chi connectivity index (χ1v) is 8.79. The Hall–Kier alpha value is -2.40. The summed E-state index contributed by atoms with van der Waals surface area (Å²) in [6.45, 7) is 2.20. The molecule has 1 heterocycles. The molecule has 0 saturated heterocycles. The van der Waals surface area contributed by atoms with E-state index in [0.29, 0.717) is 13.0 Å². The predicted molar refractivity (Wildman–Crippen MR) is 98.6 cm³/mol. The van der Waals surface area contributed by atoms with E-state index in [9.17, 15) is 4.79 Å². The number of carbonyl (C=O) groups excluding carboxylic acids is 1. The number of fused-ring (bicyclic) bond motifs is 1. The Kier molecular flexibility index (Phi) is 5.11. The van der Waals surface area contributed by atoms with E-state index in [1.54, 1.807) is 11.3 Å². The highest BCUT2D eigenvalue weighted by Crippen LogP contribution is 2.29. The number of para-hydroxylation sites is 1. The van der Waals surface area contributed by atoms with Gasteiger partial charge in [-0.3, -0.25) is 0 Å². The van der Waals surface area contributed by atoms with Crippen LogP contribution in [0.2, 0.25) is 0 Å². The topological polar surface area (TPSA) is 42.4 Å². The van der Waals surface area contributed by atoms with Gasteiger partial charge in [-0.2, -0.15) is 0 Å². The average molecular weight is 340 g/mol. The Balaban J connectivity index is 1.89. The number of hydrogen-bond donors (Lipinski definition) is 0. The van der Waals surface area contributed by atoms with Gasteiger partial charge in [0.15, 0.2) is 5.13 Å². The molecular weight excluding hydrogens is 320 g/mol. The smallest absolute Gasteiger partial charge is 0.329 e. The van der Waals surface area contributed by atoms with Gasteiger partial charge in [0.2, 0.25) is 0 Å². The maximum absolute atomic E-state index is 12.5. The second kappa shape index (κ2) is 7.45. The van der Waals surface area contributed by atoms with Gasteiger partial charge in [-0.1, -0.05) is 53.8 Å². The van der Waals surface area contributed by atoms with Crippen LogP contribution in [0.25, 0.3) is 10.2 Å². The molecule has 5 heteroatoms. The summed E-state index contributed by atoms with van der Waals surface area (Å²) in [5, 5.41) is 0.824. The number of ether oxygens (including phenoxy) is 1. The van der Waals surface area contributed by atoms with Crippen molar-refractivity contribution in [3.63, 3.8) is 0 Å². The number of carbonyl (C=O) groups is 1. The van der Waals surface area contributed by atoms with E-state index in [1.165, 1.54) is 0 Å². The lowest BCUT2D eigenvalue weighted by atomic mass is 10.1. The molecule has 0 aliphatic carbocycles. The normalized spacial score (nSPS) is 12.1. The summed E-state index contributed by atoms with van der Waals surface area (Å²) in [5.41, 5.74) is 2.05. The van der Waals surface area contributed by atoms with Gasteiger partial charge >= 0.3 is 5.97 Å². The van der Waals surface area contributed by atoms with Crippen LogP contribution in [0.3, 0.4) is 0 Å². The van der Waals surface area contributed by atoms with Gasteiger partial charge in [0.1, 0.15) is 6.04 Å². The van der Waals surface area contributed by atoms with Gasteiger partial charge < -0.3 is 9.64 Å². The molecule has 2 aromatic carbocycles. The molecule has 0 amide bonds. The number of nitrogens with zero attached hydrogens (tertiary/aromatic N) is 2. The molecule has 1 atom stereocenters. The molecule has 0 bridgehead atoms. The second-order valence-electron chi connectivity index (χ2n) is 5.53. The van der Waals surface area contributed by atoms with Crippen LogP contribution < -0.4 is 4.90 Å². The van der Waals surface area contributed by atoms with Crippen LogP contribution in [0, 0.1) is 0 Å². The fraction of sp³-hybridized carbons (Fsp3) is 0.263. The molecule has 124 valence electrons. The molecule has 0 N–H and O–H groups in total. The van der Waals surface area contributed by atoms with Crippen LogP contribution in [-0.2, 0) is 16.0 Å². The third kappa shape index (κ3) is 3.57. The Morgan fingerprint density at radius 2 is 1.88 bits per heavy atom. The van der Waals surface area contributed by atoms with Crippen molar-refractivity contribution in [3.05, 3.63) is 60.2 Å². The first-order chi connectivity index (χ1) is 11.7. The number of likely N-dealkylation sites (N-methyl/N-ethyl adjacent to an activating group) is 1. The van der Waals surface area contributed by atoms with Crippen LogP contribution >= 0.6 is 11.3 Å². The van der Waals surface area contributed by atoms with Crippen molar-refractivity contribution >= 4 is 32.7 Å². The van der Waals surface area contributed by atoms with E-state index >= 15 is 0 Å². The van der Waals surface area contributed by atoms with Crippen molar-refractivity contribution in [2.45, 2.75) is 19.4 Å². The first-order valence-electron chi connectivity index (χ1n) is 7.98. The zero-order valence-electron chi connectivity index (χ0n) is 13.8. The lowest BCUT2D eigenvalue weighted by Crippen LogP contribution is -2.41. The molecule has 0 fully saturated rings. The Labute approximate surface area is 145 Å². The van der Waals surface area contributed by atoms with E-state index in [1.807, 2.05) is 73.5 Å². The number of benzene rings is 2. The van der Waals surface area contributed by atoms with Crippen molar-refractivity contribution < 1.29 is 9.53 Å². The van der Waals surface area contributed by atoms with Gasteiger partial charge in [0, 0.05) is 13.5 Å². The maximum Gasteiger partial charge on any atom is 0.329 e. The highest BCUT2D eigenvalue weighted by Gasteiger charge is 2.27. The fourth-order valence-corrected chi connectivity index (χ4v) is 3.58. The quantitative estimate of drug-likeness (QED) is 0.638. The maximum atomic E-state index is 12.5. The van der Waals surface area contributed by atoms with Crippen molar-refractivity contribution in [2.24, 2.45) is 0 Å². The minimum absolute atomic E-state index is 0.219. The number of aromatic nitrogens is 1. The number of rotatable bonds is 6. The van der Waals surface area contributed by atoms with Crippen molar-refractivity contribution in [1.82, 2.24) is 4.98 Å². The molecule has 24 heavy (non-hydrogen) atoms. The molecule has 0 unspecified atom stereocenters. The van der Waals surface area contributed by atoms with Crippen LogP contribution in [0.15, 0.2) is 54.6 Å². The van der Waals surface area contributed by atoms with Gasteiger partial charge in [-0.25, -0.2) is 9.78 Å². The minimum Gasteiger partial charge on any atom is -0.464 e. The van der Waals surface area contributed by atoms with Gasteiger partial charge in [-0.15, -0.1) is 0 Å². The van der Waals surface area contributed by atoms with Crippen LogP contribution in [0.1, 0.15) is 12.5 Å². The van der Waals surface area contributed by atoms with Gasteiger partial charge in [-0.05, 0) is 24.6 Å². The van der Waals surface area contributed by atoms with Crippen molar-refractivity contribution in [2.75, 3.05) is 18.6 Å². The number of thiazole rings is 1. The zero-order chi connectivity index (χ0) is 16.9. The Morgan fingerprint density at radius 1 is 1.17 bits per heavy atom.